The van der Waals surface area contributed by atoms with Gasteiger partial charge < -0.3 is 20.1 Å². The summed E-state index contributed by atoms with van der Waals surface area (Å²) in [5.74, 6) is 2.13. The summed E-state index contributed by atoms with van der Waals surface area (Å²) in [6, 6.07) is 0.251. The van der Waals surface area contributed by atoms with Crippen molar-refractivity contribution in [1.29, 1.82) is 0 Å². The number of likely N-dealkylation sites (tertiary alicyclic amines) is 1. The Balaban J connectivity index is 0.00000312. The summed E-state index contributed by atoms with van der Waals surface area (Å²) in [6.07, 6.45) is 1.51. The zero-order valence-corrected chi connectivity index (χ0v) is 18.1. The number of hydrogen-bond acceptors (Lipinski definition) is 4. The fraction of sp³-hybridized carbons (Fsp3) is 0.706. The first-order valence-corrected chi connectivity index (χ1v) is 8.63. The molecule has 1 saturated heterocycles. The highest BCUT2D eigenvalue weighted by Gasteiger charge is 2.26. The van der Waals surface area contributed by atoms with Gasteiger partial charge in [-0.1, -0.05) is 19.0 Å². The van der Waals surface area contributed by atoms with Crippen molar-refractivity contribution in [3.63, 3.8) is 0 Å². The van der Waals surface area contributed by atoms with Crippen molar-refractivity contribution >= 4 is 35.8 Å². The highest BCUT2D eigenvalue weighted by atomic mass is 127. The van der Waals surface area contributed by atoms with Crippen molar-refractivity contribution < 1.29 is 9.32 Å². The molecule has 0 bridgehead atoms. The van der Waals surface area contributed by atoms with Crippen molar-refractivity contribution in [1.82, 2.24) is 20.7 Å². The zero-order chi connectivity index (χ0) is 17.7. The number of carbonyl (C=O) groups excluding carboxylic acids is 1. The van der Waals surface area contributed by atoms with Crippen LogP contribution < -0.4 is 10.6 Å². The Morgan fingerprint density at radius 2 is 2.20 bits per heavy atom. The highest BCUT2D eigenvalue weighted by Crippen LogP contribution is 2.22. The largest absolute Gasteiger partial charge is 0.361 e. The van der Waals surface area contributed by atoms with Crippen LogP contribution in [-0.4, -0.2) is 54.6 Å². The van der Waals surface area contributed by atoms with Gasteiger partial charge in [0.25, 0.3) is 0 Å². The smallest absolute Gasteiger partial charge is 0.222 e. The molecule has 0 aromatic carbocycles. The normalized spacial score (nSPS) is 18.7. The van der Waals surface area contributed by atoms with E-state index in [0.717, 1.165) is 49.0 Å². The van der Waals surface area contributed by atoms with Crippen LogP contribution in [0.1, 0.15) is 49.6 Å². The van der Waals surface area contributed by atoms with Crippen LogP contribution in [0.25, 0.3) is 0 Å². The molecule has 1 aliphatic rings. The Labute approximate surface area is 167 Å². The average molecular weight is 463 g/mol. The molecule has 7 nitrogen and oxygen atoms in total. The van der Waals surface area contributed by atoms with Gasteiger partial charge >= 0.3 is 0 Å². The number of halogens is 1. The standard InChI is InChI=1S/C17H29N5O2.HI/c1-6-15(23)22-8-7-14(10-22)20-17(18-5)19-9-11(2)16-12(3)21-24-13(16)4;/h11,14H,6-10H2,1-5H3,(H2,18,19,20);1H. The summed E-state index contributed by atoms with van der Waals surface area (Å²) < 4.78 is 5.24. The first-order chi connectivity index (χ1) is 11.5. The molecule has 1 fully saturated rings. The summed E-state index contributed by atoms with van der Waals surface area (Å²) in [4.78, 5) is 18.0. The van der Waals surface area contributed by atoms with Crippen molar-refractivity contribution in [2.45, 2.75) is 52.5 Å². The Morgan fingerprint density at radius 3 is 2.76 bits per heavy atom. The molecule has 2 atom stereocenters. The summed E-state index contributed by atoms with van der Waals surface area (Å²) in [5, 5.41) is 10.8. The van der Waals surface area contributed by atoms with E-state index in [1.807, 2.05) is 25.7 Å². The van der Waals surface area contributed by atoms with E-state index in [2.05, 4.69) is 27.7 Å². The van der Waals surface area contributed by atoms with E-state index in [9.17, 15) is 4.79 Å². The molecule has 2 rings (SSSR count). The van der Waals surface area contributed by atoms with Gasteiger partial charge in [0.1, 0.15) is 5.76 Å². The minimum atomic E-state index is 0. The fourth-order valence-corrected chi connectivity index (χ4v) is 3.26. The second kappa shape index (κ2) is 9.98. The van der Waals surface area contributed by atoms with Crippen LogP contribution in [0.5, 0.6) is 0 Å². The van der Waals surface area contributed by atoms with E-state index in [4.69, 9.17) is 4.52 Å². The Bertz CT molecular complexity index is 582. The second-order valence-electron chi connectivity index (χ2n) is 6.42. The third-order valence-electron chi connectivity index (χ3n) is 4.56. The summed E-state index contributed by atoms with van der Waals surface area (Å²) in [6.45, 7) is 10.3. The average Bonchev–Trinajstić information content (AvgIpc) is 3.17. The van der Waals surface area contributed by atoms with Crippen LogP contribution in [0.4, 0.5) is 0 Å². The summed E-state index contributed by atoms with van der Waals surface area (Å²) >= 11 is 0. The van der Waals surface area contributed by atoms with Crippen LogP contribution in [0, 0.1) is 13.8 Å². The van der Waals surface area contributed by atoms with Gasteiger partial charge in [-0.05, 0) is 20.3 Å². The molecule has 0 spiro atoms. The molecule has 1 aliphatic heterocycles. The molecule has 142 valence electrons. The van der Waals surface area contributed by atoms with Gasteiger partial charge in [-0.3, -0.25) is 9.79 Å². The molecule has 2 unspecified atom stereocenters. The summed E-state index contributed by atoms with van der Waals surface area (Å²) in [5.41, 5.74) is 2.09. The van der Waals surface area contributed by atoms with Gasteiger partial charge in [-0.25, -0.2) is 0 Å². The van der Waals surface area contributed by atoms with Gasteiger partial charge in [0.15, 0.2) is 5.96 Å². The lowest BCUT2D eigenvalue weighted by Crippen LogP contribution is -2.45. The zero-order valence-electron chi connectivity index (χ0n) is 15.8. The van der Waals surface area contributed by atoms with Crippen LogP contribution in [0.2, 0.25) is 0 Å². The van der Waals surface area contributed by atoms with Crippen LogP contribution in [0.3, 0.4) is 0 Å². The molecule has 1 aromatic rings. The predicted octanol–water partition coefficient (Wildman–Crippen LogP) is 2.19. The van der Waals surface area contributed by atoms with Gasteiger partial charge in [0, 0.05) is 50.6 Å². The number of carbonyl (C=O) groups is 1. The molecule has 8 heteroatoms. The molecule has 2 N–H and O–H groups in total. The van der Waals surface area contributed by atoms with Crippen LogP contribution >= 0.6 is 24.0 Å². The van der Waals surface area contributed by atoms with E-state index in [1.165, 1.54) is 0 Å². The number of nitrogens with one attached hydrogen (secondary N) is 2. The van der Waals surface area contributed by atoms with Gasteiger partial charge in [-0.2, -0.15) is 0 Å². The second-order valence-corrected chi connectivity index (χ2v) is 6.42. The third kappa shape index (κ3) is 5.58. The van der Waals surface area contributed by atoms with Gasteiger partial charge in [-0.15, -0.1) is 24.0 Å². The maximum Gasteiger partial charge on any atom is 0.222 e. The fourth-order valence-electron chi connectivity index (χ4n) is 3.26. The molecule has 1 amide bonds. The topological polar surface area (TPSA) is 82.8 Å². The van der Waals surface area contributed by atoms with Crippen molar-refractivity contribution in [2.24, 2.45) is 4.99 Å². The van der Waals surface area contributed by atoms with Crippen LogP contribution in [-0.2, 0) is 4.79 Å². The van der Waals surface area contributed by atoms with Crippen molar-refractivity contribution in [3.05, 3.63) is 17.0 Å². The first-order valence-electron chi connectivity index (χ1n) is 8.63. The molecule has 25 heavy (non-hydrogen) atoms. The van der Waals surface area contributed by atoms with Crippen LogP contribution in [0.15, 0.2) is 9.52 Å². The molecule has 1 aromatic heterocycles. The Kier molecular flexibility index (Phi) is 8.67. The molecule has 0 aliphatic carbocycles. The number of aliphatic imine (C=N–C) groups is 1. The highest BCUT2D eigenvalue weighted by molar-refractivity contribution is 14.0. The number of guanidine groups is 1. The SMILES string of the molecule is CCC(=O)N1CCC(NC(=NC)NCC(C)c2c(C)noc2C)C1.I. The predicted molar refractivity (Wildman–Crippen MR) is 110 cm³/mol. The Hall–Kier alpha value is -1.32. The lowest BCUT2D eigenvalue weighted by molar-refractivity contribution is -0.129. The molecule has 0 saturated carbocycles. The van der Waals surface area contributed by atoms with Crippen molar-refractivity contribution in [2.75, 3.05) is 26.7 Å². The first kappa shape index (κ1) is 21.7. The lowest BCUT2D eigenvalue weighted by Gasteiger charge is -2.20. The molecule has 2 heterocycles. The molecular formula is C17H30IN5O2. The van der Waals surface area contributed by atoms with E-state index in [0.29, 0.717) is 6.42 Å². The van der Waals surface area contributed by atoms with Crippen molar-refractivity contribution in [3.8, 4) is 0 Å². The van der Waals surface area contributed by atoms with E-state index < -0.39 is 0 Å². The Morgan fingerprint density at radius 1 is 1.48 bits per heavy atom. The van der Waals surface area contributed by atoms with Gasteiger partial charge in [0.05, 0.1) is 5.69 Å². The number of nitrogens with zero attached hydrogens (tertiary/aromatic N) is 3. The number of aryl methyl sites for hydroxylation is 2. The minimum absolute atomic E-state index is 0. The van der Waals surface area contributed by atoms with Gasteiger partial charge in [0.2, 0.25) is 5.91 Å². The summed E-state index contributed by atoms with van der Waals surface area (Å²) in [7, 11) is 1.76. The minimum Gasteiger partial charge on any atom is -0.361 e. The molecular weight excluding hydrogens is 433 g/mol. The van der Waals surface area contributed by atoms with E-state index in [-0.39, 0.29) is 41.8 Å². The lowest BCUT2D eigenvalue weighted by atomic mass is 10.00. The van der Waals surface area contributed by atoms with E-state index in [1.54, 1.807) is 7.05 Å². The maximum atomic E-state index is 11.8. The quantitative estimate of drug-likeness (QED) is 0.398. The third-order valence-corrected chi connectivity index (χ3v) is 4.56. The maximum absolute atomic E-state index is 11.8. The van der Waals surface area contributed by atoms with E-state index >= 15 is 0 Å². The number of hydrogen-bond donors (Lipinski definition) is 2. The molecule has 0 radical (unpaired) electrons. The number of amides is 1. The number of aromatic nitrogens is 1. The monoisotopic (exact) mass is 463 g/mol. The number of rotatable bonds is 5.